The first-order chi connectivity index (χ1) is 12.2. The van der Waals surface area contributed by atoms with Crippen molar-refractivity contribution in [1.82, 2.24) is 0 Å². The third-order valence-corrected chi connectivity index (χ3v) is 4.41. The van der Waals surface area contributed by atoms with Crippen molar-refractivity contribution in [3.63, 3.8) is 0 Å². The lowest BCUT2D eigenvalue weighted by Gasteiger charge is -2.22. The lowest BCUT2D eigenvalue weighted by atomic mass is 9.86. The Morgan fingerprint density at radius 3 is 2.64 bits per heavy atom. The minimum absolute atomic E-state index is 0.0539. The first-order valence-electron chi connectivity index (χ1n) is 8.80. The average Bonchev–Trinajstić information content (AvgIpc) is 3.09. The fraction of sp³-hybridized carbons (Fsp3) is 0.364. The van der Waals surface area contributed by atoms with E-state index in [1.165, 1.54) is 11.1 Å². The molecule has 0 saturated heterocycles. The molecule has 0 aliphatic heterocycles. The van der Waals surface area contributed by atoms with Crippen LogP contribution in [-0.4, -0.2) is 20.8 Å². The molecule has 0 aromatic heterocycles. The summed E-state index contributed by atoms with van der Waals surface area (Å²) >= 11 is 0. The second-order valence-corrected chi connectivity index (χ2v) is 6.17. The normalized spacial score (nSPS) is 18.6. The van der Waals surface area contributed by atoms with Crippen LogP contribution in [0.5, 0.6) is 5.75 Å². The summed E-state index contributed by atoms with van der Waals surface area (Å²) in [6, 6.07) is 7.98. The van der Waals surface area contributed by atoms with E-state index < -0.39 is 0 Å². The van der Waals surface area contributed by atoms with E-state index in [1.54, 1.807) is 14.2 Å². The summed E-state index contributed by atoms with van der Waals surface area (Å²) in [5.74, 6) is 1.08. The van der Waals surface area contributed by atoms with Gasteiger partial charge in [-0.25, -0.2) is 0 Å². The highest BCUT2D eigenvalue weighted by molar-refractivity contribution is 5.39. The van der Waals surface area contributed by atoms with Gasteiger partial charge in [0.15, 0.2) is 0 Å². The maximum atomic E-state index is 6.56. The van der Waals surface area contributed by atoms with Crippen molar-refractivity contribution in [1.29, 1.82) is 0 Å². The summed E-state index contributed by atoms with van der Waals surface area (Å²) in [5, 5.41) is 0. The van der Waals surface area contributed by atoms with Gasteiger partial charge in [-0.2, -0.15) is 0 Å². The van der Waals surface area contributed by atoms with Crippen LogP contribution in [0, 0.1) is 5.92 Å². The molecule has 1 aromatic rings. The Bertz CT molecular complexity index is 653. The number of nitrogens with two attached hydrogens (primary N) is 1. The van der Waals surface area contributed by atoms with Crippen LogP contribution in [0.15, 0.2) is 71.9 Å². The third-order valence-electron chi connectivity index (χ3n) is 4.41. The zero-order chi connectivity index (χ0) is 18.1. The van der Waals surface area contributed by atoms with Gasteiger partial charge in [0.05, 0.1) is 13.7 Å². The van der Waals surface area contributed by atoms with Gasteiger partial charge in [0.25, 0.3) is 0 Å². The van der Waals surface area contributed by atoms with Gasteiger partial charge < -0.3 is 15.2 Å². The van der Waals surface area contributed by atoms with Crippen LogP contribution in [0.4, 0.5) is 0 Å². The first kappa shape index (κ1) is 19.2. The standard InChI is InChI=1S/C22H29NO2/c1-4-7-17(8-6-15-24-2)16-19-9-5-10-21(19)22(23)18-11-13-20(25-3)14-12-18/h5-14,21-22H,4,15-16,23H2,1-3H3/b8-6-,17-7+/t21-,22?/m0/s1. The summed E-state index contributed by atoms with van der Waals surface area (Å²) in [7, 11) is 3.38. The lowest BCUT2D eigenvalue weighted by molar-refractivity contribution is 0.234. The molecule has 1 aromatic carbocycles. The predicted molar refractivity (Wildman–Crippen MR) is 105 cm³/mol. The van der Waals surface area contributed by atoms with E-state index >= 15 is 0 Å². The highest BCUT2D eigenvalue weighted by Crippen LogP contribution is 2.35. The summed E-state index contributed by atoms with van der Waals surface area (Å²) < 4.78 is 10.3. The number of rotatable bonds is 9. The Kier molecular flexibility index (Phi) is 7.71. The van der Waals surface area contributed by atoms with Crippen LogP contribution >= 0.6 is 0 Å². The second kappa shape index (κ2) is 10.0. The third kappa shape index (κ3) is 5.45. The van der Waals surface area contributed by atoms with Crippen molar-refractivity contribution >= 4 is 0 Å². The Labute approximate surface area is 151 Å². The molecule has 0 fully saturated rings. The molecule has 0 heterocycles. The van der Waals surface area contributed by atoms with Gasteiger partial charge >= 0.3 is 0 Å². The van der Waals surface area contributed by atoms with Crippen molar-refractivity contribution < 1.29 is 9.47 Å². The minimum Gasteiger partial charge on any atom is -0.497 e. The molecular weight excluding hydrogens is 310 g/mol. The van der Waals surface area contributed by atoms with Crippen molar-refractivity contribution in [2.75, 3.05) is 20.8 Å². The van der Waals surface area contributed by atoms with E-state index in [9.17, 15) is 0 Å². The fourth-order valence-corrected chi connectivity index (χ4v) is 3.09. The highest BCUT2D eigenvalue weighted by atomic mass is 16.5. The minimum atomic E-state index is -0.0539. The molecule has 134 valence electrons. The predicted octanol–water partition coefficient (Wildman–Crippen LogP) is 4.74. The fourth-order valence-electron chi connectivity index (χ4n) is 3.09. The molecule has 0 amide bonds. The van der Waals surface area contributed by atoms with Gasteiger partial charge in [0, 0.05) is 19.1 Å². The van der Waals surface area contributed by atoms with E-state index in [1.807, 2.05) is 12.1 Å². The van der Waals surface area contributed by atoms with Crippen LogP contribution < -0.4 is 10.5 Å². The SMILES string of the molecule is CC/C=C(\C=C/COC)CC1=CC=C[C@@H]1C(N)c1ccc(OC)cc1. The first-order valence-corrected chi connectivity index (χ1v) is 8.80. The Morgan fingerprint density at radius 1 is 1.24 bits per heavy atom. The van der Waals surface area contributed by atoms with Crippen molar-refractivity contribution in [2.24, 2.45) is 11.7 Å². The zero-order valence-electron chi connectivity index (χ0n) is 15.4. The lowest BCUT2D eigenvalue weighted by Crippen LogP contribution is -2.20. The van der Waals surface area contributed by atoms with E-state index in [4.69, 9.17) is 15.2 Å². The van der Waals surface area contributed by atoms with Crippen molar-refractivity contribution in [2.45, 2.75) is 25.8 Å². The number of allylic oxidation sites excluding steroid dienone is 5. The molecule has 2 rings (SSSR count). The van der Waals surface area contributed by atoms with Gasteiger partial charge in [-0.15, -0.1) is 0 Å². The van der Waals surface area contributed by atoms with Crippen LogP contribution in [0.1, 0.15) is 31.4 Å². The molecule has 2 atom stereocenters. The summed E-state index contributed by atoms with van der Waals surface area (Å²) in [4.78, 5) is 0. The van der Waals surface area contributed by atoms with Crippen LogP contribution in [0.2, 0.25) is 0 Å². The largest absolute Gasteiger partial charge is 0.497 e. The molecule has 0 saturated carbocycles. The van der Waals surface area contributed by atoms with Gasteiger partial charge in [-0.3, -0.25) is 0 Å². The summed E-state index contributed by atoms with van der Waals surface area (Å²) in [6.07, 6.45) is 14.9. The van der Waals surface area contributed by atoms with Crippen LogP contribution in [0.3, 0.4) is 0 Å². The van der Waals surface area contributed by atoms with Gasteiger partial charge in [0.2, 0.25) is 0 Å². The zero-order valence-corrected chi connectivity index (χ0v) is 15.4. The topological polar surface area (TPSA) is 44.5 Å². The van der Waals surface area contributed by atoms with Gasteiger partial charge in [-0.05, 0) is 36.1 Å². The number of methoxy groups -OCH3 is 2. The summed E-state index contributed by atoms with van der Waals surface area (Å²) in [5.41, 5.74) is 10.3. The molecule has 0 bridgehead atoms. The quantitative estimate of drug-likeness (QED) is 0.661. The number of ether oxygens (including phenoxy) is 2. The number of hydrogen-bond donors (Lipinski definition) is 1. The Hall–Kier alpha value is -2.10. The van der Waals surface area contributed by atoms with E-state index in [2.05, 4.69) is 55.5 Å². The van der Waals surface area contributed by atoms with Crippen LogP contribution in [-0.2, 0) is 4.74 Å². The van der Waals surface area contributed by atoms with Crippen LogP contribution in [0.25, 0.3) is 0 Å². The van der Waals surface area contributed by atoms with Gasteiger partial charge in [0.1, 0.15) is 5.75 Å². The molecule has 3 nitrogen and oxygen atoms in total. The average molecular weight is 339 g/mol. The molecule has 25 heavy (non-hydrogen) atoms. The molecule has 1 unspecified atom stereocenters. The molecule has 3 heteroatoms. The van der Waals surface area contributed by atoms with Crippen molar-refractivity contribution in [3.05, 3.63) is 77.4 Å². The molecule has 1 aliphatic rings. The number of benzene rings is 1. The van der Waals surface area contributed by atoms with E-state index in [-0.39, 0.29) is 12.0 Å². The van der Waals surface area contributed by atoms with E-state index in [0.717, 1.165) is 24.2 Å². The maximum absolute atomic E-state index is 6.56. The molecule has 0 spiro atoms. The molecular formula is C22H29NO2. The van der Waals surface area contributed by atoms with Crippen molar-refractivity contribution in [3.8, 4) is 5.75 Å². The number of hydrogen-bond acceptors (Lipinski definition) is 3. The monoisotopic (exact) mass is 339 g/mol. The Balaban J connectivity index is 2.09. The highest BCUT2D eigenvalue weighted by Gasteiger charge is 2.23. The van der Waals surface area contributed by atoms with Gasteiger partial charge in [-0.1, -0.05) is 61.1 Å². The molecule has 1 aliphatic carbocycles. The molecule has 2 N–H and O–H groups in total. The second-order valence-electron chi connectivity index (χ2n) is 6.17. The summed E-state index contributed by atoms with van der Waals surface area (Å²) in [6.45, 7) is 2.79. The van der Waals surface area contributed by atoms with E-state index in [0.29, 0.717) is 6.61 Å². The molecule has 0 radical (unpaired) electrons. The maximum Gasteiger partial charge on any atom is 0.118 e. The smallest absolute Gasteiger partial charge is 0.118 e. The Morgan fingerprint density at radius 2 is 2.00 bits per heavy atom.